The van der Waals surface area contributed by atoms with E-state index in [4.69, 9.17) is 5.11 Å². The van der Waals surface area contributed by atoms with Crippen molar-refractivity contribution in [2.24, 2.45) is 0 Å². The molecule has 106 valence electrons. The number of rotatable bonds is 5. The molecule has 2 aromatic rings. The van der Waals surface area contributed by atoms with Crippen molar-refractivity contribution in [3.8, 4) is 5.69 Å². The van der Waals surface area contributed by atoms with Crippen LogP contribution in [0.4, 0.5) is 4.39 Å². The van der Waals surface area contributed by atoms with Crippen molar-refractivity contribution in [2.75, 3.05) is 5.75 Å². The minimum absolute atomic E-state index is 0.113. The Hall–Kier alpha value is -1.34. The molecule has 0 bridgehead atoms. The van der Waals surface area contributed by atoms with E-state index in [0.717, 1.165) is 17.5 Å². The minimum Gasteiger partial charge on any atom is -0.481 e. The summed E-state index contributed by atoms with van der Waals surface area (Å²) in [7, 11) is 0. The summed E-state index contributed by atoms with van der Waals surface area (Å²) in [6, 6.07) is 4.76. The summed E-state index contributed by atoms with van der Waals surface area (Å²) >= 11 is 4.29. The Morgan fingerprint density at radius 3 is 2.90 bits per heavy atom. The monoisotopic (exact) mass is 358 g/mol. The number of thioether (sulfide) groups is 1. The normalized spacial score (nSPS) is 10.8. The first kappa shape index (κ1) is 15.1. The van der Waals surface area contributed by atoms with E-state index in [9.17, 15) is 9.18 Å². The van der Waals surface area contributed by atoms with Gasteiger partial charge in [-0.3, -0.25) is 9.36 Å². The van der Waals surface area contributed by atoms with Crippen molar-refractivity contribution >= 4 is 33.7 Å². The van der Waals surface area contributed by atoms with Gasteiger partial charge in [0.15, 0.2) is 5.16 Å². The average Bonchev–Trinajstić information content (AvgIpc) is 2.79. The SMILES string of the molecule is CCc1cnc(SCC(=O)O)n1-c1ccc(Br)cc1F. The number of benzene rings is 1. The maximum absolute atomic E-state index is 14.1. The highest BCUT2D eigenvalue weighted by atomic mass is 79.9. The van der Waals surface area contributed by atoms with Crippen LogP contribution < -0.4 is 0 Å². The molecular formula is C13H12BrFN2O2S. The number of imidazole rings is 1. The highest BCUT2D eigenvalue weighted by Crippen LogP contribution is 2.27. The lowest BCUT2D eigenvalue weighted by atomic mass is 10.3. The summed E-state index contributed by atoms with van der Waals surface area (Å²) in [4.78, 5) is 14.9. The van der Waals surface area contributed by atoms with E-state index in [0.29, 0.717) is 21.7 Å². The van der Waals surface area contributed by atoms with Crippen molar-refractivity contribution in [3.63, 3.8) is 0 Å². The predicted molar refractivity (Wildman–Crippen MR) is 79.0 cm³/mol. The van der Waals surface area contributed by atoms with Crippen molar-refractivity contribution in [3.05, 3.63) is 40.4 Å². The van der Waals surface area contributed by atoms with Gasteiger partial charge < -0.3 is 5.11 Å². The van der Waals surface area contributed by atoms with E-state index in [1.165, 1.54) is 6.07 Å². The number of hydrogen-bond acceptors (Lipinski definition) is 3. The molecule has 0 amide bonds. The molecule has 0 spiro atoms. The molecule has 2 rings (SSSR count). The van der Waals surface area contributed by atoms with E-state index >= 15 is 0 Å². The molecule has 0 unspecified atom stereocenters. The second-order valence-corrected chi connectivity index (χ2v) is 5.86. The number of aliphatic carboxylic acids is 1. The number of carboxylic acids is 1. The molecule has 20 heavy (non-hydrogen) atoms. The molecule has 0 aliphatic rings. The van der Waals surface area contributed by atoms with Crippen molar-refractivity contribution in [1.29, 1.82) is 0 Å². The van der Waals surface area contributed by atoms with Gasteiger partial charge in [0.1, 0.15) is 5.82 Å². The molecule has 1 aromatic carbocycles. The summed E-state index contributed by atoms with van der Waals surface area (Å²) in [6.07, 6.45) is 2.32. The smallest absolute Gasteiger partial charge is 0.313 e. The molecule has 0 aliphatic carbocycles. The molecule has 1 heterocycles. The first-order chi connectivity index (χ1) is 9.52. The third-order valence-electron chi connectivity index (χ3n) is 2.64. The van der Waals surface area contributed by atoms with Gasteiger partial charge in [0, 0.05) is 16.4 Å². The van der Waals surface area contributed by atoms with Crippen LogP contribution in [-0.4, -0.2) is 26.4 Å². The van der Waals surface area contributed by atoms with E-state index < -0.39 is 5.97 Å². The van der Waals surface area contributed by atoms with Gasteiger partial charge in [0.05, 0.1) is 11.4 Å². The minimum atomic E-state index is -0.932. The average molecular weight is 359 g/mol. The van der Waals surface area contributed by atoms with Gasteiger partial charge in [-0.05, 0) is 24.6 Å². The number of nitrogens with zero attached hydrogens (tertiary/aromatic N) is 2. The Balaban J connectivity index is 2.47. The van der Waals surface area contributed by atoms with Crippen LogP contribution >= 0.6 is 27.7 Å². The van der Waals surface area contributed by atoms with Gasteiger partial charge in [-0.2, -0.15) is 0 Å². The number of carboxylic acid groups (broad SMARTS) is 1. The Morgan fingerprint density at radius 2 is 2.30 bits per heavy atom. The van der Waals surface area contributed by atoms with Gasteiger partial charge in [0.2, 0.25) is 0 Å². The van der Waals surface area contributed by atoms with E-state index in [1.54, 1.807) is 22.9 Å². The Morgan fingerprint density at radius 1 is 1.55 bits per heavy atom. The van der Waals surface area contributed by atoms with Crippen LogP contribution in [0.2, 0.25) is 0 Å². The van der Waals surface area contributed by atoms with Crippen molar-refractivity contribution < 1.29 is 14.3 Å². The third kappa shape index (κ3) is 3.21. The Bertz CT molecular complexity index is 645. The number of hydrogen-bond donors (Lipinski definition) is 1. The van der Waals surface area contributed by atoms with Gasteiger partial charge >= 0.3 is 5.97 Å². The van der Waals surface area contributed by atoms with Crippen LogP contribution in [0.25, 0.3) is 5.69 Å². The number of aryl methyl sites for hydroxylation is 1. The van der Waals surface area contributed by atoms with Crippen LogP contribution in [-0.2, 0) is 11.2 Å². The maximum atomic E-state index is 14.1. The molecule has 1 N–H and O–H groups in total. The first-order valence-electron chi connectivity index (χ1n) is 5.89. The topological polar surface area (TPSA) is 55.1 Å². The molecule has 0 saturated heterocycles. The van der Waals surface area contributed by atoms with Gasteiger partial charge in [0.25, 0.3) is 0 Å². The number of halogens is 2. The fourth-order valence-electron chi connectivity index (χ4n) is 1.77. The van der Waals surface area contributed by atoms with Gasteiger partial charge in [-0.15, -0.1) is 0 Å². The van der Waals surface area contributed by atoms with Gasteiger partial charge in [-0.25, -0.2) is 9.37 Å². The van der Waals surface area contributed by atoms with Gasteiger partial charge in [-0.1, -0.05) is 34.6 Å². The summed E-state index contributed by atoms with van der Waals surface area (Å²) < 4.78 is 16.4. The zero-order chi connectivity index (χ0) is 14.7. The van der Waals surface area contributed by atoms with E-state index in [2.05, 4.69) is 20.9 Å². The molecular weight excluding hydrogens is 347 g/mol. The lowest BCUT2D eigenvalue weighted by Crippen LogP contribution is -2.05. The van der Waals surface area contributed by atoms with Crippen molar-refractivity contribution in [1.82, 2.24) is 9.55 Å². The van der Waals surface area contributed by atoms with Crippen LogP contribution in [0.5, 0.6) is 0 Å². The highest BCUT2D eigenvalue weighted by Gasteiger charge is 2.15. The molecule has 0 saturated carbocycles. The zero-order valence-corrected chi connectivity index (χ0v) is 13.0. The molecule has 7 heteroatoms. The first-order valence-corrected chi connectivity index (χ1v) is 7.67. The molecule has 1 aromatic heterocycles. The van der Waals surface area contributed by atoms with Crippen LogP contribution in [0.15, 0.2) is 34.0 Å². The van der Waals surface area contributed by atoms with E-state index in [1.807, 2.05) is 6.92 Å². The summed E-state index contributed by atoms with van der Waals surface area (Å²) in [5.41, 5.74) is 1.20. The quantitative estimate of drug-likeness (QED) is 0.830. The highest BCUT2D eigenvalue weighted by molar-refractivity contribution is 9.10. The van der Waals surface area contributed by atoms with Crippen LogP contribution in [0.3, 0.4) is 0 Å². The molecule has 0 atom stereocenters. The number of carbonyl (C=O) groups is 1. The lowest BCUT2D eigenvalue weighted by Gasteiger charge is -2.11. The number of aromatic nitrogens is 2. The Kier molecular flexibility index (Phi) is 4.82. The Labute approximate surface area is 128 Å². The summed E-state index contributed by atoms with van der Waals surface area (Å²) in [5, 5.41) is 9.23. The van der Waals surface area contributed by atoms with Crippen LogP contribution in [0, 0.1) is 5.82 Å². The maximum Gasteiger partial charge on any atom is 0.313 e. The summed E-state index contributed by atoms with van der Waals surface area (Å²) in [6.45, 7) is 1.94. The zero-order valence-electron chi connectivity index (χ0n) is 10.6. The standard InChI is InChI=1S/C13H12BrFN2O2S/c1-2-9-6-16-13(20-7-12(18)19)17(9)11-4-3-8(14)5-10(11)15/h3-6H,2,7H2,1H3,(H,18,19). The molecule has 0 radical (unpaired) electrons. The third-order valence-corrected chi connectivity index (χ3v) is 4.07. The largest absolute Gasteiger partial charge is 0.481 e. The predicted octanol–water partition coefficient (Wildman–Crippen LogP) is 3.51. The van der Waals surface area contributed by atoms with E-state index in [-0.39, 0.29) is 11.6 Å². The second-order valence-electron chi connectivity index (χ2n) is 4.00. The molecule has 0 fully saturated rings. The lowest BCUT2D eigenvalue weighted by molar-refractivity contribution is -0.133. The van der Waals surface area contributed by atoms with Crippen molar-refractivity contribution in [2.45, 2.75) is 18.5 Å². The van der Waals surface area contributed by atoms with Crippen LogP contribution in [0.1, 0.15) is 12.6 Å². The fourth-order valence-corrected chi connectivity index (χ4v) is 2.82. The molecule has 0 aliphatic heterocycles. The fraction of sp³-hybridized carbons (Fsp3) is 0.231. The molecule has 4 nitrogen and oxygen atoms in total. The summed E-state index contributed by atoms with van der Waals surface area (Å²) in [5.74, 6) is -1.43. The second kappa shape index (κ2) is 6.41.